The van der Waals surface area contributed by atoms with Crippen LogP contribution in [0.4, 0.5) is 0 Å². The lowest BCUT2D eigenvalue weighted by atomic mass is 10.1. The molecule has 1 rings (SSSR count). The third-order valence-electron chi connectivity index (χ3n) is 1.98. The predicted molar refractivity (Wildman–Crippen MR) is 66.3 cm³/mol. The zero-order valence-corrected chi connectivity index (χ0v) is 11.2. The van der Waals surface area contributed by atoms with Gasteiger partial charge >= 0.3 is 0 Å². The zero-order chi connectivity index (χ0) is 12.3. The van der Waals surface area contributed by atoms with E-state index in [-0.39, 0.29) is 5.75 Å². The highest BCUT2D eigenvalue weighted by atomic mass is 35.5. The van der Waals surface area contributed by atoms with Crippen LogP contribution in [0, 0.1) is 0 Å². The molecule has 90 valence electrons. The van der Waals surface area contributed by atoms with Crippen LogP contribution < -0.4 is 4.74 Å². The number of methoxy groups -OCH3 is 1. The minimum absolute atomic E-state index is 0.148. The van der Waals surface area contributed by atoms with Gasteiger partial charge in [0.15, 0.2) is 0 Å². The van der Waals surface area contributed by atoms with Crippen molar-refractivity contribution >= 4 is 33.0 Å². The minimum Gasteiger partial charge on any atom is -0.496 e. The Morgan fingerprint density at radius 3 is 2.56 bits per heavy atom. The van der Waals surface area contributed by atoms with Gasteiger partial charge in [0.1, 0.15) is 15.6 Å². The van der Waals surface area contributed by atoms with E-state index in [1.165, 1.54) is 7.11 Å². The summed E-state index contributed by atoms with van der Waals surface area (Å²) in [6, 6.07) is 4.94. The molecular weight excluding hydrogens is 271 g/mol. The molecule has 0 saturated carbocycles. The van der Waals surface area contributed by atoms with Crippen molar-refractivity contribution in [3.05, 3.63) is 28.8 Å². The van der Waals surface area contributed by atoms with E-state index in [0.717, 1.165) is 6.26 Å². The third-order valence-corrected chi connectivity index (χ3v) is 3.72. The number of alkyl halides is 1. The second kappa shape index (κ2) is 5.25. The van der Waals surface area contributed by atoms with Crippen molar-refractivity contribution in [1.82, 2.24) is 0 Å². The largest absolute Gasteiger partial charge is 0.496 e. The van der Waals surface area contributed by atoms with Gasteiger partial charge in [-0.1, -0.05) is 11.6 Å². The second-order valence-corrected chi connectivity index (χ2v) is 6.59. The fourth-order valence-corrected chi connectivity index (χ4v) is 3.05. The van der Waals surface area contributed by atoms with E-state index < -0.39 is 15.2 Å². The molecule has 0 spiro atoms. The first-order chi connectivity index (χ1) is 7.33. The third kappa shape index (κ3) is 3.85. The number of ether oxygens (including phenoxy) is 1. The average Bonchev–Trinajstić information content (AvgIpc) is 2.15. The van der Waals surface area contributed by atoms with Crippen molar-refractivity contribution in [3.63, 3.8) is 0 Å². The van der Waals surface area contributed by atoms with Gasteiger partial charge < -0.3 is 4.74 Å². The van der Waals surface area contributed by atoms with Crippen LogP contribution in [0.25, 0.3) is 0 Å². The van der Waals surface area contributed by atoms with Crippen LogP contribution in [0.15, 0.2) is 18.2 Å². The van der Waals surface area contributed by atoms with Crippen LogP contribution in [0.3, 0.4) is 0 Å². The predicted octanol–water partition coefficient (Wildman–Crippen LogP) is 2.67. The van der Waals surface area contributed by atoms with Gasteiger partial charge in [0, 0.05) is 16.8 Å². The molecule has 1 aromatic rings. The standard InChI is InChI=1S/C10H12Cl2O3S/c1-15-10-4-3-7(11)5-8(10)9(12)6-16(2,13)14/h3-5,9H,6H2,1-2H3. The normalized spacial score (nSPS) is 13.5. The first kappa shape index (κ1) is 13.6. The average molecular weight is 283 g/mol. The Labute approximate surface area is 105 Å². The maximum absolute atomic E-state index is 11.1. The molecule has 0 radical (unpaired) electrons. The molecule has 0 aliphatic rings. The van der Waals surface area contributed by atoms with Crippen molar-refractivity contribution in [2.24, 2.45) is 0 Å². The van der Waals surface area contributed by atoms with E-state index in [1.54, 1.807) is 18.2 Å². The molecule has 1 atom stereocenters. The van der Waals surface area contributed by atoms with Gasteiger partial charge in [-0.15, -0.1) is 11.6 Å². The molecule has 6 heteroatoms. The highest BCUT2D eigenvalue weighted by Gasteiger charge is 2.18. The monoisotopic (exact) mass is 282 g/mol. The fraction of sp³-hybridized carbons (Fsp3) is 0.400. The van der Waals surface area contributed by atoms with Gasteiger partial charge in [0.2, 0.25) is 0 Å². The quantitative estimate of drug-likeness (QED) is 0.798. The van der Waals surface area contributed by atoms with Gasteiger partial charge in [0.05, 0.1) is 18.2 Å². The molecule has 0 saturated heterocycles. The number of hydrogen-bond acceptors (Lipinski definition) is 3. The van der Waals surface area contributed by atoms with E-state index in [4.69, 9.17) is 27.9 Å². The summed E-state index contributed by atoms with van der Waals surface area (Å²) >= 11 is 11.9. The number of benzene rings is 1. The first-order valence-electron chi connectivity index (χ1n) is 4.48. The molecule has 16 heavy (non-hydrogen) atoms. The van der Waals surface area contributed by atoms with E-state index in [9.17, 15) is 8.42 Å². The highest BCUT2D eigenvalue weighted by Crippen LogP contribution is 2.32. The fourth-order valence-electron chi connectivity index (χ4n) is 1.31. The van der Waals surface area contributed by atoms with Gasteiger partial charge in [-0.2, -0.15) is 0 Å². The number of halogens is 2. The van der Waals surface area contributed by atoms with Crippen LogP contribution in [-0.2, 0) is 9.84 Å². The van der Waals surface area contributed by atoms with E-state index in [2.05, 4.69) is 0 Å². The molecule has 0 heterocycles. The summed E-state index contributed by atoms with van der Waals surface area (Å²) in [7, 11) is -1.64. The van der Waals surface area contributed by atoms with Crippen LogP contribution in [0.2, 0.25) is 5.02 Å². The van der Waals surface area contributed by atoms with Crippen LogP contribution in [-0.4, -0.2) is 27.5 Å². The van der Waals surface area contributed by atoms with Crippen molar-refractivity contribution in [2.75, 3.05) is 19.1 Å². The Morgan fingerprint density at radius 2 is 2.06 bits per heavy atom. The highest BCUT2D eigenvalue weighted by molar-refractivity contribution is 7.90. The lowest BCUT2D eigenvalue weighted by molar-refractivity contribution is 0.409. The lowest BCUT2D eigenvalue weighted by Gasteiger charge is -2.13. The Kier molecular flexibility index (Phi) is 4.47. The van der Waals surface area contributed by atoms with Gasteiger partial charge in [-0.3, -0.25) is 0 Å². The van der Waals surface area contributed by atoms with E-state index in [0.29, 0.717) is 16.3 Å². The summed E-state index contributed by atoms with van der Waals surface area (Å²) < 4.78 is 27.4. The number of sulfone groups is 1. The summed E-state index contributed by atoms with van der Waals surface area (Å²) in [4.78, 5) is 0. The summed E-state index contributed by atoms with van der Waals surface area (Å²) in [6.07, 6.45) is 1.14. The van der Waals surface area contributed by atoms with Gasteiger partial charge in [-0.05, 0) is 18.2 Å². The zero-order valence-electron chi connectivity index (χ0n) is 8.91. The summed E-state index contributed by atoms with van der Waals surface area (Å²) in [5.41, 5.74) is 0.585. The summed E-state index contributed by atoms with van der Waals surface area (Å²) in [5.74, 6) is 0.388. The molecule has 1 unspecified atom stereocenters. The topological polar surface area (TPSA) is 43.4 Å². The number of hydrogen-bond donors (Lipinski definition) is 0. The number of rotatable bonds is 4. The second-order valence-electron chi connectivity index (χ2n) is 3.45. The van der Waals surface area contributed by atoms with Crippen molar-refractivity contribution in [3.8, 4) is 5.75 Å². The summed E-state index contributed by atoms with van der Waals surface area (Å²) in [6.45, 7) is 0. The van der Waals surface area contributed by atoms with Crippen LogP contribution in [0.1, 0.15) is 10.9 Å². The summed E-state index contributed by atoms with van der Waals surface area (Å²) in [5, 5.41) is -0.168. The van der Waals surface area contributed by atoms with Crippen LogP contribution in [0.5, 0.6) is 5.75 Å². The Balaban J connectivity index is 3.06. The van der Waals surface area contributed by atoms with Crippen molar-refractivity contribution < 1.29 is 13.2 Å². The van der Waals surface area contributed by atoms with Crippen molar-refractivity contribution in [1.29, 1.82) is 0 Å². The Bertz CT molecular complexity index is 471. The molecule has 3 nitrogen and oxygen atoms in total. The molecule has 0 aromatic heterocycles. The van der Waals surface area contributed by atoms with Crippen LogP contribution >= 0.6 is 23.2 Å². The molecule has 1 aromatic carbocycles. The Hall–Kier alpha value is -0.450. The molecule has 0 aliphatic heterocycles. The SMILES string of the molecule is COc1ccc(Cl)cc1C(Cl)CS(C)(=O)=O. The van der Waals surface area contributed by atoms with E-state index >= 15 is 0 Å². The van der Waals surface area contributed by atoms with Gasteiger partial charge in [-0.25, -0.2) is 8.42 Å². The lowest BCUT2D eigenvalue weighted by Crippen LogP contribution is -2.09. The molecule has 0 fully saturated rings. The van der Waals surface area contributed by atoms with Crippen molar-refractivity contribution in [2.45, 2.75) is 5.38 Å². The smallest absolute Gasteiger partial charge is 0.149 e. The maximum Gasteiger partial charge on any atom is 0.149 e. The molecule has 0 aliphatic carbocycles. The minimum atomic E-state index is -3.14. The molecule has 0 amide bonds. The Morgan fingerprint density at radius 1 is 1.44 bits per heavy atom. The molecule has 0 N–H and O–H groups in total. The molecule has 0 bridgehead atoms. The maximum atomic E-state index is 11.1. The van der Waals surface area contributed by atoms with E-state index in [1.807, 2.05) is 0 Å². The van der Waals surface area contributed by atoms with Gasteiger partial charge in [0.25, 0.3) is 0 Å². The first-order valence-corrected chi connectivity index (χ1v) is 7.36. The molecular formula is C10H12Cl2O3S.